The highest BCUT2D eigenvalue weighted by Gasteiger charge is 2.28. The summed E-state index contributed by atoms with van der Waals surface area (Å²) in [6, 6.07) is 7.07. The topological polar surface area (TPSA) is 79.0 Å². The Hall–Kier alpha value is -1.60. The molecule has 0 aliphatic carbocycles. The van der Waals surface area contributed by atoms with Gasteiger partial charge in [-0.15, -0.1) is 0 Å². The van der Waals surface area contributed by atoms with Crippen molar-refractivity contribution in [2.45, 2.75) is 51.0 Å². The van der Waals surface area contributed by atoms with Gasteiger partial charge in [0.1, 0.15) is 0 Å². The van der Waals surface area contributed by atoms with Crippen molar-refractivity contribution >= 4 is 16.0 Å². The molecule has 0 amide bonds. The van der Waals surface area contributed by atoms with Crippen molar-refractivity contribution in [3.8, 4) is 0 Å². The highest BCUT2D eigenvalue weighted by Crippen LogP contribution is 2.23. The van der Waals surface area contributed by atoms with Crippen molar-refractivity contribution in [1.82, 2.24) is 9.21 Å². The Bertz CT molecular complexity index is 761. The number of guanidine groups is 1. The quantitative estimate of drug-likeness (QED) is 0.631. The molecule has 2 unspecified atom stereocenters. The van der Waals surface area contributed by atoms with Crippen LogP contribution in [0.3, 0.4) is 0 Å². The number of piperidine rings is 2. The minimum atomic E-state index is -3.40. The van der Waals surface area contributed by atoms with E-state index < -0.39 is 10.0 Å². The van der Waals surface area contributed by atoms with Crippen molar-refractivity contribution < 1.29 is 8.42 Å². The molecule has 2 aliphatic rings. The number of nitrogens with zero attached hydrogens (tertiary/aromatic N) is 3. The number of rotatable bonds is 4. The van der Waals surface area contributed by atoms with E-state index in [1.54, 1.807) is 16.4 Å². The smallest absolute Gasteiger partial charge is 0.243 e. The van der Waals surface area contributed by atoms with E-state index in [9.17, 15) is 8.42 Å². The van der Waals surface area contributed by atoms with Crippen molar-refractivity contribution in [1.29, 1.82) is 0 Å². The molecular weight excluding hydrogens is 360 g/mol. The molecule has 0 radical (unpaired) electrons. The molecule has 0 bridgehead atoms. The van der Waals surface area contributed by atoms with Gasteiger partial charge in [-0.2, -0.15) is 4.31 Å². The zero-order valence-electron chi connectivity index (χ0n) is 16.5. The van der Waals surface area contributed by atoms with Crippen LogP contribution in [0, 0.1) is 11.8 Å². The second kappa shape index (κ2) is 8.61. The summed E-state index contributed by atoms with van der Waals surface area (Å²) in [6.07, 6.45) is 4.43. The van der Waals surface area contributed by atoms with Crippen LogP contribution in [-0.2, 0) is 16.6 Å². The zero-order chi connectivity index (χ0) is 19.4. The van der Waals surface area contributed by atoms with Gasteiger partial charge in [-0.05, 0) is 55.2 Å². The number of benzene rings is 1. The SMILES string of the molecule is CC1CCCN(C(N)=NCc2ccc(S(=O)(=O)N3CCCC(C)C3)cc2)C1. The minimum Gasteiger partial charge on any atom is -0.370 e. The van der Waals surface area contributed by atoms with Crippen LogP contribution in [0.25, 0.3) is 0 Å². The number of hydrogen-bond donors (Lipinski definition) is 1. The van der Waals surface area contributed by atoms with Gasteiger partial charge in [-0.25, -0.2) is 13.4 Å². The maximum atomic E-state index is 12.8. The first-order chi connectivity index (χ1) is 12.9. The van der Waals surface area contributed by atoms with Crippen LogP contribution in [-0.4, -0.2) is 49.8 Å². The van der Waals surface area contributed by atoms with E-state index >= 15 is 0 Å². The first-order valence-electron chi connectivity index (χ1n) is 10.00. The lowest BCUT2D eigenvalue weighted by molar-refractivity contribution is 0.270. The number of sulfonamides is 1. The van der Waals surface area contributed by atoms with Gasteiger partial charge in [0.25, 0.3) is 0 Å². The van der Waals surface area contributed by atoms with Gasteiger partial charge >= 0.3 is 0 Å². The lowest BCUT2D eigenvalue weighted by atomic mass is 10.0. The molecule has 2 heterocycles. The fourth-order valence-corrected chi connectivity index (χ4v) is 5.55. The van der Waals surface area contributed by atoms with Gasteiger partial charge in [-0.3, -0.25) is 0 Å². The first kappa shape index (κ1) is 20.1. The average molecular weight is 393 g/mol. The van der Waals surface area contributed by atoms with E-state index in [0.29, 0.717) is 42.3 Å². The summed E-state index contributed by atoms with van der Waals surface area (Å²) in [5.74, 6) is 1.65. The second-order valence-electron chi connectivity index (χ2n) is 8.12. The minimum absolute atomic E-state index is 0.363. The largest absolute Gasteiger partial charge is 0.370 e. The summed E-state index contributed by atoms with van der Waals surface area (Å²) in [7, 11) is -3.40. The Morgan fingerprint density at radius 3 is 2.33 bits per heavy atom. The van der Waals surface area contributed by atoms with Crippen LogP contribution >= 0.6 is 0 Å². The molecule has 7 heteroatoms. The molecule has 3 rings (SSSR count). The molecule has 2 N–H and O–H groups in total. The molecule has 1 aromatic carbocycles. The third-order valence-corrected chi connectivity index (χ3v) is 7.46. The molecule has 0 spiro atoms. The molecule has 0 aromatic heterocycles. The molecule has 1 aromatic rings. The lowest BCUT2D eigenvalue weighted by Crippen LogP contribution is -2.43. The van der Waals surface area contributed by atoms with E-state index in [0.717, 1.165) is 37.9 Å². The molecule has 150 valence electrons. The first-order valence-corrected chi connectivity index (χ1v) is 11.4. The molecule has 2 aliphatic heterocycles. The van der Waals surface area contributed by atoms with Gasteiger partial charge in [-0.1, -0.05) is 26.0 Å². The predicted molar refractivity (Wildman–Crippen MR) is 109 cm³/mol. The molecule has 6 nitrogen and oxygen atoms in total. The average Bonchev–Trinajstić information content (AvgIpc) is 2.66. The summed E-state index contributed by atoms with van der Waals surface area (Å²) in [5, 5.41) is 0. The molecule has 2 fully saturated rings. The normalized spacial score (nSPS) is 25.6. The summed E-state index contributed by atoms with van der Waals surface area (Å²) >= 11 is 0. The fraction of sp³-hybridized carbons (Fsp3) is 0.650. The Morgan fingerprint density at radius 1 is 1.07 bits per heavy atom. The van der Waals surface area contributed by atoms with Gasteiger partial charge in [0.05, 0.1) is 11.4 Å². The lowest BCUT2D eigenvalue weighted by Gasteiger charge is -2.31. The number of nitrogens with two attached hydrogens (primary N) is 1. The maximum absolute atomic E-state index is 12.8. The Labute approximate surface area is 163 Å². The third-order valence-electron chi connectivity index (χ3n) is 5.59. The Balaban J connectivity index is 1.64. The monoisotopic (exact) mass is 392 g/mol. The molecule has 2 saturated heterocycles. The van der Waals surface area contributed by atoms with E-state index in [4.69, 9.17) is 5.73 Å². The standard InChI is InChI=1S/C20H32N4O2S/c1-16-5-3-11-23(14-16)20(21)22-13-18-7-9-19(10-8-18)27(25,26)24-12-4-6-17(2)15-24/h7-10,16-17H,3-6,11-15H2,1-2H3,(H2,21,22). The third kappa shape index (κ3) is 5.02. The summed E-state index contributed by atoms with van der Waals surface area (Å²) < 4.78 is 27.3. The summed E-state index contributed by atoms with van der Waals surface area (Å²) in [6.45, 7) is 7.96. The van der Waals surface area contributed by atoms with Crippen molar-refractivity contribution in [3.63, 3.8) is 0 Å². The van der Waals surface area contributed by atoms with Gasteiger partial charge in [0, 0.05) is 26.2 Å². The number of aliphatic imine (C=N–C) groups is 1. The van der Waals surface area contributed by atoms with Crippen LogP contribution in [0.1, 0.15) is 45.1 Å². The van der Waals surface area contributed by atoms with Gasteiger partial charge in [0.15, 0.2) is 5.96 Å². The van der Waals surface area contributed by atoms with E-state index in [1.165, 1.54) is 6.42 Å². The molecule has 27 heavy (non-hydrogen) atoms. The number of hydrogen-bond acceptors (Lipinski definition) is 3. The van der Waals surface area contributed by atoms with Crippen molar-refractivity contribution in [3.05, 3.63) is 29.8 Å². The zero-order valence-corrected chi connectivity index (χ0v) is 17.3. The van der Waals surface area contributed by atoms with Crippen molar-refractivity contribution in [2.75, 3.05) is 26.2 Å². The van der Waals surface area contributed by atoms with Gasteiger partial charge in [0.2, 0.25) is 10.0 Å². The number of likely N-dealkylation sites (tertiary alicyclic amines) is 1. The van der Waals surface area contributed by atoms with Gasteiger partial charge < -0.3 is 10.6 Å². The van der Waals surface area contributed by atoms with Crippen LogP contribution in [0.15, 0.2) is 34.2 Å². The van der Waals surface area contributed by atoms with Crippen LogP contribution in [0.2, 0.25) is 0 Å². The second-order valence-corrected chi connectivity index (χ2v) is 10.1. The molecule has 2 atom stereocenters. The predicted octanol–water partition coefficient (Wildman–Crippen LogP) is 2.65. The highest BCUT2D eigenvalue weighted by atomic mass is 32.2. The Morgan fingerprint density at radius 2 is 1.70 bits per heavy atom. The molecular formula is C20H32N4O2S. The van der Waals surface area contributed by atoms with Crippen LogP contribution in [0.5, 0.6) is 0 Å². The Kier molecular flexibility index (Phi) is 6.42. The van der Waals surface area contributed by atoms with E-state index in [-0.39, 0.29) is 0 Å². The highest BCUT2D eigenvalue weighted by molar-refractivity contribution is 7.89. The molecule has 0 saturated carbocycles. The van der Waals surface area contributed by atoms with Crippen LogP contribution in [0.4, 0.5) is 0 Å². The fourth-order valence-electron chi connectivity index (χ4n) is 3.95. The summed E-state index contributed by atoms with van der Waals surface area (Å²) in [5.41, 5.74) is 7.11. The van der Waals surface area contributed by atoms with E-state index in [1.807, 2.05) is 12.1 Å². The van der Waals surface area contributed by atoms with Crippen molar-refractivity contribution in [2.24, 2.45) is 22.6 Å². The van der Waals surface area contributed by atoms with Crippen LogP contribution < -0.4 is 5.73 Å². The maximum Gasteiger partial charge on any atom is 0.243 e. The summed E-state index contributed by atoms with van der Waals surface area (Å²) in [4.78, 5) is 7.01. The van der Waals surface area contributed by atoms with E-state index in [2.05, 4.69) is 23.7 Å².